The monoisotopic (exact) mass is 267 g/mol. The Morgan fingerprint density at radius 2 is 1.63 bits per heavy atom. The van der Waals surface area contributed by atoms with Crippen LogP contribution in [0, 0.1) is 23.7 Å². The number of rotatable bonds is 3. The smallest absolute Gasteiger partial charge is 0.307 e. The fourth-order valence-electron chi connectivity index (χ4n) is 3.60. The topological polar surface area (TPSA) is 66.4 Å². The minimum Gasteiger partial charge on any atom is -0.481 e. The first-order valence-corrected chi connectivity index (χ1v) is 7.54. The average molecular weight is 267 g/mol. The summed E-state index contributed by atoms with van der Waals surface area (Å²) in [7, 11) is 0. The third-order valence-corrected chi connectivity index (χ3v) is 5.21. The van der Waals surface area contributed by atoms with Crippen molar-refractivity contribution in [2.24, 2.45) is 23.7 Å². The summed E-state index contributed by atoms with van der Waals surface area (Å²) in [5.74, 6) is -0.509. The third kappa shape index (κ3) is 3.10. The average Bonchev–Trinajstić information content (AvgIpc) is 2.70. The maximum atomic E-state index is 12.3. The lowest BCUT2D eigenvalue weighted by molar-refractivity contribution is -0.149. The van der Waals surface area contributed by atoms with Crippen LogP contribution in [0.4, 0.5) is 0 Å². The summed E-state index contributed by atoms with van der Waals surface area (Å²) < 4.78 is 0. The molecular formula is C15H25NO3. The molecule has 0 aliphatic heterocycles. The highest BCUT2D eigenvalue weighted by Crippen LogP contribution is 2.34. The normalized spacial score (nSPS) is 38.9. The van der Waals surface area contributed by atoms with Crippen molar-refractivity contribution in [1.29, 1.82) is 0 Å². The minimum atomic E-state index is -0.812. The summed E-state index contributed by atoms with van der Waals surface area (Å²) >= 11 is 0. The Bertz CT molecular complexity index is 355. The van der Waals surface area contributed by atoms with Crippen molar-refractivity contribution in [2.75, 3.05) is 0 Å². The van der Waals surface area contributed by atoms with Gasteiger partial charge in [-0.3, -0.25) is 9.59 Å². The predicted octanol–water partition coefficient (Wildman–Crippen LogP) is 2.43. The van der Waals surface area contributed by atoms with Crippen molar-refractivity contribution in [2.45, 2.75) is 58.4 Å². The van der Waals surface area contributed by atoms with Gasteiger partial charge in [0.25, 0.3) is 0 Å². The standard InChI is InChI=1S/C15H25NO3/c1-9-7-8-13(10(9)2)16-14(17)11-5-3-4-6-12(11)15(18)19/h9-13H,3-8H2,1-2H3,(H,16,17)(H,18,19)/t9?,10?,11-,12+,13?/m1/s1. The molecule has 2 fully saturated rings. The molecule has 0 spiro atoms. The number of aliphatic carboxylic acids is 1. The molecule has 0 aromatic rings. The highest BCUT2D eigenvalue weighted by atomic mass is 16.4. The second-order valence-corrected chi connectivity index (χ2v) is 6.36. The van der Waals surface area contributed by atoms with E-state index >= 15 is 0 Å². The molecule has 2 N–H and O–H groups in total. The lowest BCUT2D eigenvalue weighted by atomic mass is 9.78. The van der Waals surface area contributed by atoms with Gasteiger partial charge in [0.15, 0.2) is 0 Å². The number of amides is 1. The van der Waals surface area contributed by atoms with Gasteiger partial charge in [0.2, 0.25) is 5.91 Å². The molecule has 2 aliphatic carbocycles. The zero-order valence-corrected chi connectivity index (χ0v) is 11.9. The quantitative estimate of drug-likeness (QED) is 0.825. The van der Waals surface area contributed by atoms with Crippen molar-refractivity contribution in [3.05, 3.63) is 0 Å². The molecule has 19 heavy (non-hydrogen) atoms. The lowest BCUT2D eigenvalue weighted by Crippen LogP contribution is -2.45. The Morgan fingerprint density at radius 1 is 1.00 bits per heavy atom. The predicted molar refractivity (Wildman–Crippen MR) is 72.6 cm³/mol. The van der Waals surface area contributed by atoms with Gasteiger partial charge in [-0.25, -0.2) is 0 Å². The number of carboxylic acid groups (broad SMARTS) is 1. The van der Waals surface area contributed by atoms with Crippen molar-refractivity contribution < 1.29 is 14.7 Å². The van der Waals surface area contributed by atoms with E-state index in [0.29, 0.717) is 18.3 Å². The van der Waals surface area contributed by atoms with Crippen molar-refractivity contribution in [3.8, 4) is 0 Å². The van der Waals surface area contributed by atoms with E-state index in [1.54, 1.807) is 0 Å². The van der Waals surface area contributed by atoms with Crippen molar-refractivity contribution >= 4 is 11.9 Å². The molecule has 0 radical (unpaired) electrons. The van der Waals surface area contributed by atoms with Crippen molar-refractivity contribution in [1.82, 2.24) is 5.32 Å². The Hall–Kier alpha value is -1.06. The molecule has 0 heterocycles. The van der Waals surface area contributed by atoms with E-state index in [4.69, 9.17) is 0 Å². The van der Waals surface area contributed by atoms with Crippen LogP contribution in [-0.2, 0) is 9.59 Å². The second-order valence-electron chi connectivity index (χ2n) is 6.36. The van der Waals surface area contributed by atoms with Gasteiger partial charge >= 0.3 is 5.97 Å². The Balaban J connectivity index is 1.96. The first kappa shape index (κ1) is 14.4. The summed E-state index contributed by atoms with van der Waals surface area (Å²) in [5, 5.41) is 12.3. The number of hydrogen-bond acceptors (Lipinski definition) is 2. The van der Waals surface area contributed by atoms with Gasteiger partial charge in [-0.15, -0.1) is 0 Å². The van der Waals surface area contributed by atoms with Crippen LogP contribution >= 0.6 is 0 Å². The van der Waals surface area contributed by atoms with Gasteiger partial charge in [-0.05, 0) is 37.5 Å². The summed E-state index contributed by atoms with van der Waals surface area (Å²) in [4.78, 5) is 23.6. The van der Waals surface area contributed by atoms with Crippen LogP contribution in [0.15, 0.2) is 0 Å². The number of hydrogen-bond donors (Lipinski definition) is 2. The van der Waals surface area contributed by atoms with E-state index in [9.17, 15) is 14.7 Å². The largest absolute Gasteiger partial charge is 0.481 e. The van der Waals surface area contributed by atoms with Gasteiger partial charge in [-0.2, -0.15) is 0 Å². The van der Waals surface area contributed by atoms with Crippen LogP contribution in [0.1, 0.15) is 52.4 Å². The zero-order chi connectivity index (χ0) is 14.0. The Morgan fingerprint density at radius 3 is 2.16 bits per heavy atom. The van der Waals surface area contributed by atoms with Crippen LogP contribution in [0.5, 0.6) is 0 Å². The van der Waals surface area contributed by atoms with E-state index in [1.807, 2.05) is 0 Å². The molecule has 3 unspecified atom stereocenters. The van der Waals surface area contributed by atoms with Gasteiger partial charge < -0.3 is 10.4 Å². The molecule has 108 valence electrons. The molecule has 1 amide bonds. The summed E-state index contributed by atoms with van der Waals surface area (Å²) in [5.41, 5.74) is 0. The summed E-state index contributed by atoms with van der Waals surface area (Å²) in [6.07, 6.45) is 5.44. The van der Waals surface area contributed by atoms with Gasteiger partial charge in [-0.1, -0.05) is 26.7 Å². The number of nitrogens with one attached hydrogen (secondary N) is 1. The molecule has 0 aromatic heterocycles. The molecule has 0 saturated heterocycles. The minimum absolute atomic E-state index is 0.0296. The molecule has 4 heteroatoms. The maximum Gasteiger partial charge on any atom is 0.307 e. The maximum absolute atomic E-state index is 12.3. The fourth-order valence-corrected chi connectivity index (χ4v) is 3.60. The van der Waals surface area contributed by atoms with Crippen LogP contribution in [0.2, 0.25) is 0 Å². The molecule has 2 aliphatic rings. The zero-order valence-electron chi connectivity index (χ0n) is 11.9. The second kappa shape index (κ2) is 5.93. The number of carbonyl (C=O) groups excluding carboxylic acids is 1. The van der Waals surface area contributed by atoms with E-state index in [2.05, 4.69) is 19.2 Å². The molecule has 2 rings (SSSR count). The Kier molecular flexibility index (Phi) is 4.48. The van der Waals surface area contributed by atoms with Gasteiger partial charge in [0, 0.05) is 6.04 Å². The van der Waals surface area contributed by atoms with Gasteiger partial charge in [0.1, 0.15) is 0 Å². The van der Waals surface area contributed by atoms with Gasteiger partial charge in [0.05, 0.1) is 11.8 Å². The van der Waals surface area contributed by atoms with Crippen molar-refractivity contribution in [3.63, 3.8) is 0 Å². The van der Waals surface area contributed by atoms with Crippen LogP contribution in [0.25, 0.3) is 0 Å². The SMILES string of the molecule is CC1CCC(NC(=O)[C@@H]2CCCC[C@@H]2C(=O)O)C1C. The third-order valence-electron chi connectivity index (χ3n) is 5.21. The molecule has 4 nitrogen and oxygen atoms in total. The molecule has 0 aromatic carbocycles. The number of carboxylic acids is 1. The van der Waals surface area contributed by atoms with Crippen LogP contribution in [0.3, 0.4) is 0 Å². The van der Waals surface area contributed by atoms with Crippen LogP contribution < -0.4 is 5.32 Å². The summed E-state index contributed by atoms with van der Waals surface area (Å²) in [6, 6.07) is 0.235. The Labute approximate surface area is 115 Å². The van der Waals surface area contributed by atoms with E-state index in [1.165, 1.54) is 0 Å². The van der Waals surface area contributed by atoms with E-state index in [0.717, 1.165) is 32.1 Å². The van der Waals surface area contributed by atoms with Crippen LogP contribution in [-0.4, -0.2) is 23.0 Å². The lowest BCUT2D eigenvalue weighted by Gasteiger charge is -2.29. The first-order valence-electron chi connectivity index (χ1n) is 7.54. The highest BCUT2D eigenvalue weighted by molar-refractivity contribution is 5.85. The fraction of sp³-hybridized carbons (Fsp3) is 0.867. The number of carbonyl (C=O) groups is 2. The van der Waals surface area contributed by atoms with E-state index in [-0.39, 0.29) is 17.9 Å². The highest BCUT2D eigenvalue weighted by Gasteiger charge is 2.38. The molecule has 2 saturated carbocycles. The molecule has 0 bridgehead atoms. The summed E-state index contributed by atoms with van der Waals surface area (Å²) in [6.45, 7) is 4.40. The molecule has 5 atom stereocenters. The molecular weight excluding hydrogens is 242 g/mol. The van der Waals surface area contributed by atoms with E-state index < -0.39 is 11.9 Å². The first-order chi connectivity index (χ1) is 9.00.